The number of para-hydroxylation sites is 1. The summed E-state index contributed by atoms with van der Waals surface area (Å²) in [5.41, 5.74) is 3.71. The van der Waals surface area contributed by atoms with Gasteiger partial charge in [0, 0.05) is 13.1 Å². The molecule has 0 aliphatic heterocycles. The van der Waals surface area contributed by atoms with E-state index >= 15 is 0 Å². The fourth-order valence-electron chi connectivity index (χ4n) is 2.83. The van der Waals surface area contributed by atoms with E-state index in [-0.39, 0.29) is 0 Å². The van der Waals surface area contributed by atoms with Crippen LogP contribution in [-0.4, -0.2) is 35.8 Å². The molecule has 0 aromatic heterocycles. The standard InChI is InChI=1S/C21H29NO2/c1-4-13-22(14-19-11-7-5-9-17(19)2)15-20(23)16-24-21-12-8-6-10-18(21)3/h5-12,20,23H,4,13-16H2,1-3H3/t20-/m0/s1. The highest BCUT2D eigenvalue weighted by atomic mass is 16.5. The molecule has 24 heavy (non-hydrogen) atoms. The second-order valence-electron chi connectivity index (χ2n) is 6.39. The highest BCUT2D eigenvalue weighted by molar-refractivity contribution is 5.31. The molecular weight excluding hydrogens is 298 g/mol. The van der Waals surface area contributed by atoms with Gasteiger partial charge in [0.05, 0.1) is 0 Å². The maximum atomic E-state index is 10.4. The first-order chi connectivity index (χ1) is 11.6. The monoisotopic (exact) mass is 327 g/mol. The van der Waals surface area contributed by atoms with Gasteiger partial charge in [0.15, 0.2) is 0 Å². The number of aliphatic hydroxyl groups is 1. The molecular formula is C21H29NO2. The fraction of sp³-hybridized carbons (Fsp3) is 0.429. The Labute approximate surface area is 145 Å². The summed E-state index contributed by atoms with van der Waals surface area (Å²) in [7, 11) is 0. The number of rotatable bonds is 9. The summed E-state index contributed by atoms with van der Waals surface area (Å²) in [5, 5.41) is 10.4. The van der Waals surface area contributed by atoms with E-state index in [4.69, 9.17) is 4.74 Å². The summed E-state index contributed by atoms with van der Waals surface area (Å²) in [4.78, 5) is 2.30. The number of hydrogen-bond acceptors (Lipinski definition) is 3. The molecule has 0 saturated heterocycles. The van der Waals surface area contributed by atoms with Crippen molar-refractivity contribution < 1.29 is 9.84 Å². The van der Waals surface area contributed by atoms with Crippen molar-refractivity contribution >= 4 is 0 Å². The molecule has 130 valence electrons. The van der Waals surface area contributed by atoms with Crippen LogP contribution in [0.2, 0.25) is 0 Å². The van der Waals surface area contributed by atoms with Crippen LogP contribution in [-0.2, 0) is 6.54 Å². The lowest BCUT2D eigenvalue weighted by Crippen LogP contribution is -2.36. The molecule has 1 N–H and O–H groups in total. The van der Waals surface area contributed by atoms with E-state index < -0.39 is 6.10 Å². The molecule has 3 heteroatoms. The Hall–Kier alpha value is -1.84. The summed E-state index contributed by atoms with van der Waals surface area (Å²) in [6.45, 7) is 9.09. The highest BCUT2D eigenvalue weighted by Crippen LogP contribution is 2.17. The van der Waals surface area contributed by atoms with Crippen molar-refractivity contribution in [2.75, 3.05) is 19.7 Å². The van der Waals surface area contributed by atoms with Gasteiger partial charge in [-0.3, -0.25) is 4.90 Å². The molecule has 0 radical (unpaired) electrons. The maximum Gasteiger partial charge on any atom is 0.122 e. The topological polar surface area (TPSA) is 32.7 Å². The molecule has 0 bridgehead atoms. The lowest BCUT2D eigenvalue weighted by molar-refractivity contribution is 0.0653. The van der Waals surface area contributed by atoms with Gasteiger partial charge in [0.2, 0.25) is 0 Å². The third-order valence-corrected chi connectivity index (χ3v) is 4.19. The van der Waals surface area contributed by atoms with Gasteiger partial charge in [-0.2, -0.15) is 0 Å². The van der Waals surface area contributed by atoms with Crippen LogP contribution >= 0.6 is 0 Å². The van der Waals surface area contributed by atoms with E-state index in [1.165, 1.54) is 11.1 Å². The zero-order valence-electron chi connectivity index (χ0n) is 15.0. The van der Waals surface area contributed by atoms with Gasteiger partial charge in [-0.05, 0) is 49.6 Å². The van der Waals surface area contributed by atoms with Crippen LogP contribution in [0.1, 0.15) is 30.0 Å². The third-order valence-electron chi connectivity index (χ3n) is 4.19. The minimum absolute atomic E-state index is 0.318. The highest BCUT2D eigenvalue weighted by Gasteiger charge is 2.13. The Morgan fingerprint density at radius 1 is 1.00 bits per heavy atom. The van der Waals surface area contributed by atoms with E-state index in [0.29, 0.717) is 13.2 Å². The SMILES string of the molecule is CCCN(Cc1ccccc1C)C[C@H](O)COc1ccccc1C. The first-order valence-corrected chi connectivity index (χ1v) is 8.73. The first-order valence-electron chi connectivity index (χ1n) is 8.73. The quantitative estimate of drug-likeness (QED) is 0.757. The lowest BCUT2D eigenvalue weighted by atomic mass is 10.1. The number of nitrogens with zero attached hydrogens (tertiary/aromatic N) is 1. The Morgan fingerprint density at radius 3 is 2.33 bits per heavy atom. The molecule has 0 heterocycles. The van der Waals surface area contributed by atoms with E-state index in [1.807, 2.05) is 31.2 Å². The average molecular weight is 327 g/mol. The van der Waals surface area contributed by atoms with Crippen LogP contribution in [0.25, 0.3) is 0 Å². The van der Waals surface area contributed by atoms with Gasteiger partial charge in [-0.1, -0.05) is 49.4 Å². The molecule has 1 atom stereocenters. The first kappa shape index (κ1) is 18.5. The zero-order valence-corrected chi connectivity index (χ0v) is 15.0. The van der Waals surface area contributed by atoms with E-state index in [9.17, 15) is 5.11 Å². The lowest BCUT2D eigenvalue weighted by Gasteiger charge is -2.25. The Bertz CT molecular complexity index is 627. The van der Waals surface area contributed by atoms with Crippen LogP contribution in [0.15, 0.2) is 48.5 Å². The van der Waals surface area contributed by atoms with Crippen LogP contribution in [0.5, 0.6) is 5.75 Å². The average Bonchev–Trinajstić information content (AvgIpc) is 2.56. The molecule has 0 amide bonds. The third kappa shape index (κ3) is 5.66. The van der Waals surface area contributed by atoms with E-state index in [2.05, 4.69) is 43.0 Å². The predicted octanol–water partition coefficient (Wildman–Crippen LogP) is 3.96. The minimum atomic E-state index is -0.500. The fourth-order valence-corrected chi connectivity index (χ4v) is 2.83. The molecule has 0 aliphatic carbocycles. The second-order valence-corrected chi connectivity index (χ2v) is 6.39. The van der Waals surface area contributed by atoms with Crippen LogP contribution < -0.4 is 4.74 Å². The van der Waals surface area contributed by atoms with Crippen molar-refractivity contribution in [2.24, 2.45) is 0 Å². The Kier molecular flexibility index (Phi) is 7.29. The number of aliphatic hydroxyl groups excluding tert-OH is 1. The Balaban J connectivity index is 1.89. The molecule has 2 aromatic rings. The van der Waals surface area contributed by atoms with Gasteiger partial charge in [-0.25, -0.2) is 0 Å². The number of hydrogen-bond donors (Lipinski definition) is 1. The number of benzene rings is 2. The van der Waals surface area contributed by atoms with Crippen molar-refractivity contribution in [2.45, 2.75) is 39.8 Å². The minimum Gasteiger partial charge on any atom is -0.491 e. The molecule has 0 fully saturated rings. The van der Waals surface area contributed by atoms with Crippen molar-refractivity contribution in [3.63, 3.8) is 0 Å². The van der Waals surface area contributed by atoms with Gasteiger partial charge in [-0.15, -0.1) is 0 Å². The summed E-state index contributed by atoms with van der Waals surface area (Å²) in [6.07, 6.45) is 0.567. The molecule has 0 aliphatic rings. The molecule has 0 unspecified atom stereocenters. The van der Waals surface area contributed by atoms with Crippen molar-refractivity contribution in [3.05, 3.63) is 65.2 Å². The zero-order chi connectivity index (χ0) is 17.4. The molecule has 3 nitrogen and oxygen atoms in total. The predicted molar refractivity (Wildman–Crippen MR) is 99.4 cm³/mol. The van der Waals surface area contributed by atoms with Crippen LogP contribution in [0.3, 0.4) is 0 Å². The van der Waals surface area contributed by atoms with Crippen molar-refractivity contribution in [3.8, 4) is 5.75 Å². The maximum absolute atomic E-state index is 10.4. The van der Waals surface area contributed by atoms with Crippen molar-refractivity contribution in [1.82, 2.24) is 4.90 Å². The second kappa shape index (κ2) is 9.45. The van der Waals surface area contributed by atoms with Gasteiger partial charge in [0.1, 0.15) is 18.5 Å². The van der Waals surface area contributed by atoms with Crippen molar-refractivity contribution in [1.29, 1.82) is 0 Å². The van der Waals surface area contributed by atoms with Gasteiger partial charge < -0.3 is 9.84 Å². The molecule has 2 rings (SSSR count). The Morgan fingerprint density at radius 2 is 1.67 bits per heavy atom. The normalized spacial score (nSPS) is 12.4. The molecule has 0 saturated carbocycles. The summed E-state index contributed by atoms with van der Waals surface area (Å²) in [6, 6.07) is 16.3. The smallest absolute Gasteiger partial charge is 0.122 e. The summed E-state index contributed by atoms with van der Waals surface area (Å²) < 4.78 is 5.77. The van der Waals surface area contributed by atoms with E-state index in [1.54, 1.807) is 0 Å². The summed E-state index contributed by atoms with van der Waals surface area (Å²) in [5.74, 6) is 0.845. The number of aryl methyl sites for hydroxylation is 2. The van der Waals surface area contributed by atoms with Gasteiger partial charge in [0.25, 0.3) is 0 Å². The number of ether oxygens (including phenoxy) is 1. The van der Waals surface area contributed by atoms with Gasteiger partial charge >= 0.3 is 0 Å². The molecule has 0 spiro atoms. The van der Waals surface area contributed by atoms with Crippen LogP contribution in [0.4, 0.5) is 0 Å². The van der Waals surface area contributed by atoms with Crippen LogP contribution in [0, 0.1) is 13.8 Å². The molecule has 2 aromatic carbocycles. The summed E-state index contributed by atoms with van der Waals surface area (Å²) >= 11 is 0. The largest absolute Gasteiger partial charge is 0.491 e. The van der Waals surface area contributed by atoms with E-state index in [0.717, 1.165) is 30.8 Å².